The summed E-state index contributed by atoms with van der Waals surface area (Å²) in [6.45, 7) is 2.14. The average Bonchev–Trinajstić information content (AvgIpc) is 2.31. The molecule has 0 aromatic heterocycles. The Balaban J connectivity index is 2.54. The van der Waals surface area contributed by atoms with E-state index in [-0.39, 0.29) is 11.9 Å². The molecule has 0 spiro atoms. The summed E-state index contributed by atoms with van der Waals surface area (Å²) in [4.78, 5) is 0. The van der Waals surface area contributed by atoms with Crippen molar-refractivity contribution >= 4 is 23.4 Å². The number of halogens is 2. The molecule has 0 fully saturated rings. The quantitative estimate of drug-likeness (QED) is 0.457. The largest absolute Gasteiger partial charge is 0.271 e. The number of rotatable bonds is 7. The van der Waals surface area contributed by atoms with Crippen molar-refractivity contribution in [3.05, 3.63) is 34.6 Å². The van der Waals surface area contributed by atoms with Gasteiger partial charge in [0.1, 0.15) is 5.82 Å². The summed E-state index contributed by atoms with van der Waals surface area (Å²) in [6, 6.07) is 4.84. The Labute approximate surface area is 111 Å². The molecule has 0 heterocycles. The van der Waals surface area contributed by atoms with Gasteiger partial charge in [0.25, 0.3) is 0 Å². The molecule has 1 aromatic carbocycles. The van der Waals surface area contributed by atoms with E-state index in [2.05, 4.69) is 12.3 Å². The van der Waals surface area contributed by atoms with E-state index < -0.39 is 0 Å². The second kappa shape index (κ2) is 7.93. The predicted octanol–water partition coefficient (Wildman–Crippen LogP) is 3.00. The van der Waals surface area contributed by atoms with Gasteiger partial charge in [-0.3, -0.25) is 11.3 Å². The van der Waals surface area contributed by atoms with Crippen LogP contribution in [0.2, 0.25) is 5.02 Å². The number of hydrogen-bond acceptors (Lipinski definition) is 3. The van der Waals surface area contributed by atoms with Crippen LogP contribution in [0.3, 0.4) is 0 Å². The molecule has 0 aliphatic heterocycles. The van der Waals surface area contributed by atoms with Crippen LogP contribution in [0.4, 0.5) is 4.39 Å². The molecule has 0 amide bonds. The van der Waals surface area contributed by atoms with Crippen molar-refractivity contribution in [1.82, 2.24) is 5.43 Å². The molecule has 1 unspecified atom stereocenters. The Kier molecular flexibility index (Phi) is 6.89. The molecule has 1 rings (SSSR count). The molecule has 0 aliphatic rings. The molecular formula is C12H18ClFN2S. The molecule has 0 radical (unpaired) electrons. The highest BCUT2D eigenvalue weighted by Crippen LogP contribution is 2.17. The summed E-state index contributed by atoms with van der Waals surface area (Å²) in [7, 11) is 0. The number of nitrogens with one attached hydrogen (secondary N) is 1. The van der Waals surface area contributed by atoms with Gasteiger partial charge in [-0.15, -0.1) is 0 Å². The van der Waals surface area contributed by atoms with Crippen LogP contribution in [0.25, 0.3) is 0 Å². The fraction of sp³-hybridized carbons (Fsp3) is 0.500. The molecule has 0 aliphatic carbocycles. The van der Waals surface area contributed by atoms with Crippen LogP contribution in [0.1, 0.15) is 18.9 Å². The number of hydrazine groups is 1. The minimum absolute atomic E-state index is 0.0854. The van der Waals surface area contributed by atoms with Crippen LogP contribution in [-0.2, 0) is 6.42 Å². The van der Waals surface area contributed by atoms with E-state index in [9.17, 15) is 4.39 Å². The molecule has 1 atom stereocenters. The van der Waals surface area contributed by atoms with Crippen LogP contribution in [-0.4, -0.2) is 17.5 Å². The Morgan fingerprint density at radius 1 is 1.53 bits per heavy atom. The summed E-state index contributed by atoms with van der Waals surface area (Å²) in [5, 5.41) is 0.420. The van der Waals surface area contributed by atoms with Crippen molar-refractivity contribution < 1.29 is 4.39 Å². The van der Waals surface area contributed by atoms with E-state index in [0.29, 0.717) is 17.0 Å². The Bertz CT molecular complexity index is 349. The summed E-state index contributed by atoms with van der Waals surface area (Å²) in [5.41, 5.74) is 3.38. The number of nitrogens with two attached hydrogens (primary N) is 1. The topological polar surface area (TPSA) is 38.0 Å². The maximum Gasteiger partial charge on any atom is 0.127 e. The fourth-order valence-corrected chi connectivity index (χ4v) is 2.60. The molecule has 96 valence electrons. The number of hydrogen-bond donors (Lipinski definition) is 2. The number of thioether (sulfide) groups is 1. The number of benzene rings is 1. The van der Waals surface area contributed by atoms with Gasteiger partial charge in [-0.25, -0.2) is 4.39 Å². The van der Waals surface area contributed by atoms with Crippen molar-refractivity contribution in [3.63, 3.8) is 0 Å². The lowest BCUT2D eigenvalue weighted by molar-refractivity contribution is 0.546. The Morgan fingerprint density at radius 3 is 2.88 bits per heavy atom. The third-order valence-corrected chi connectivity index (χ3v) is 3.95. The first-order valence-electron chi connectivity index (χ1n) is 5.65. The molecule has 5 heteroatoms. The van der Waals surface area contributed by atoms with Crippen molar-refractivity contribution in [3.8, 4) is 0 Å². The van der Waals surface area contributed by atoms with E-state index >= 15 is 0 Å². The third kappa shape index (κ3) is 5.25. The van der Waals surface area contributed by atoms with Crippen molar-refractivity contribution in [2.24, 2.45) is 5.84 Å². The second-order valence-electron chi connectivity index (χ2n) is 3.88. The minimum Gasteiger partial charge on any atom is -0.271 e. The molecule has 0 bridgehead atoms. The van der Waals surface area contributed by atoms with E-state index in [1.165, 1.54) is 6.07 Å². The van der Waals surface area contributed by atoms with Crippen LogP contribution >= 0.6 is 23.4 Å². The Morgan fingerprint density at radius 2 is 2.29 bits per heavy atom. The van der Waals surface area contributed by atoms with Crippen LogP contribution in [0.15, 0.2) is 18.2 Å². The Hall–Kier alpha value is -0.290. The first-order chi connectivity index (χ1) is 8.17. The van der Waals surface area contributed by atoms with Crippen molar-refractivity contribution in [2.45, 2.75) is 25.8 Å². The highest BCUT2D eigenvalue weighted by Gasteiger charge is 2.11. The molecular weight excluding hydrogens is 259 g/mol. The summed E-state index contributed by atoms with van der Waals surface area (Å²) < 4.78 is 13.6. The molecule has 1 aromatic rings. The molecule has 17 heavy (non-hydrogen) atoms. The standard InChI is InChI=1S/C12H18ClFN2S/c1-2-5-17-8-11(16-15)6-9-3-4-10(13)7-12(9)14/h3-4,7,11,16H,2,5-6,8,15H2,1H3. The molecule has 0 saturated heterocycles. The second-order valence-corrected chi connectivity index (χ2v) is 5.46. The lowest BCUT2D eigenvalue weighted by Gasteiger charge is -2.15. The van der Waals surface area contributed by atoms with Gasteiger partial charge >= 0.3 is 0 Å². The van der Waals surface area contributed by atoms with E-state index in [1.54, 1.807) is 12.1 Å². The summed E-state index contributed by atoms with van der Waals surface area (Å²) in [5.74, 6) is 7.19. The highest BCUT2D eigenvalue weighted by atomic mass is 35.5. The lowest BCUT2D eigenvalue weighted by Crippen LogP contribution is -2.39. The predicted molar refractivity (Wildman–Crippen MR) is 73.8 cm³/mol. The molecule has 3 N–H and O–H groups in total. The maximum atomic E-state index is 13.6. The minimum atomic E-state index is -0.266. The first-order valence-corrected chi connectivity index (χ1v) is 7.18. The monoisotopic (exact) mass is 276 g/mol. The zero-order valence-electron chi connectivity index (χ0n) is 9.88. The van der Waals surface area contributed by atoms with Gasteiger partial charge in [0.2, 0.25) is 0 Å². The SMILES string of the molecule is CCCSCC(Cc1ccc(Cl)cc1F)NN. The van der Waals surface area contributed by atoms with Gasteiger partial charge in [0.05, 0.1) is 0 Å². The smallest absolute Gasteiger partial charge is 0.127 e. The van der Waals surface area contributed by atoms with Crippen LogP contribution < -0.4 is 11.3 Å². The van der Waals surface area contributed by atoms with Gasteiger partial charge < -0.3 is 0 Å². The average molecular weight is 277 g/mol. The summed E-state index contributed by atoms with van der Waals surface area (Å²) >= 11 is 7.53. The van der Waals surface area contributed by atoms with E-state index in [1.807, 2.05) is 11.8 Å². The van der Waals surface area contributed by atoms with Gasteiger partial charge in [-0.05, 0) is 36.3 Å². The lowest BCUT2D eigenvalue weighted by atomic mass is 10.1. The molecule has 2 nitrogen and oxygen atoms in total. The van der Waals surface area contributed by atoms with Crippen LogP contribution in [0, 0.1) is 5.82 Å². The fourth-order valence-electron chi connectivity index (χ4n) is 1.49. The highest BCUT2D eigenvalue weighted by molar-refractivity contribution is 7.99. The zero-order chi connectivity index (χ0) is 12.7. The van der Waals surface area contributed by atoms with Crippen molar-refractivity contribution in [1.29, 1.82) is 0 Å². The maximum absolute atomic E-state index is 13.6. The third-order valence-electron chi connectivity index (χ3n) is 2.38. The van der Waals surface area contributed by atoms with Gasteiger partial charge in [0.15, 0.2) is 0 Å². The van der Waals surface area contributed by atoms with Crippen molar-refractivity contribution in [2.75, 3.05) is 11.5 Å². The molecule has 0 saturated carbocycles. The van der Waals surface area contributed by atoms with E-state index in [4.69, 9.17) is 17.4 Å². The zero-order valence-corrected chi connectivity index (χ0v) is 11.5. The normalized spacial score (nSPS) is 12.7. The van der Waals surface area contributed by atoms with Gasteiger partial charge in [-0.1, -0.05) is 24.6 Å². The van der Waals surface area contributed by atoms with E-state index in [0.717, 1.165) is 17.9 Å². The van der Waals surface area contributed by atoms with Gasteiger partial charge in [0, 0.05) is 16.8 Å². The summed E-state index contributed by atoms with van der Waals surface area (Å²) in [6.07, 6.45) is 1.72. The first kappa shape index (κ1) is 14.8. The van der Waals surface area contributed by atoms with Gasteiger partial charge in [-0.2, -0.15) is 11.8 Å². The van der Waals surface area contributed by atoms with Crippen LogP contribution in [0.5, 0.6) is 0 Å².